The zero-order chi connectivity index (χ0) is 9.84. The highest BCUT2D eigenvalue weighted by Crippen LogP contribution is 2.26. The third-order valence-electron chi connectivity index (χ3n) is 1.76. The number of ether oxygens (including phenoxy) is 1. The normalized spacial score (nSPS) is 12.6. The standard InChI is InChI=1S/C10H14ClNO/c1-3-13-10-5-4-8(11)6-9(10)7(2)12/h4-7H,3,12H2,1-2H3. The van der Waals surface area contributed by atoms with Gasteiger partial charge in [0, 0.05) is 16.6 Å². The summed E-state index contributed by atoms with van der Waals surface area (Å²) in [6.45, 7) is 4.50. The zero-order valence-electron chi connectivity index (χ0n) is 7.88. The Balaban J connectivity index is 3.03. The lowest BCUT2D eigenvalue weighted by atomic mass is 10.1. The Kier molecular flexibility index (Phi) is 3.58. The van der Waals surface area contributed by atoms with Gasteiger partial charge in [-0.1, -0.05) is 11.6 Å². The highest BCUT2D eigenvalue weighted by atomic mass is 35.5. The van der Waals surface area contributed by atoms with Crippen molar-refractivity contribution >= 4 is 11.6 Å². The van der Waals surface area contributed by atoms with E-state index in [9.17, 15) is 0 Å². The van der Waals surface area contributed by atoms with Gasteiger partial charge < -0.3 is 10.5 Å². The molecule has 0 bridgehead atoms. The van der Waals surface area contributed by atoms with Gasteiger partial charge in [-0.2, -0.15) is 0 Å². The number of hydrogen-bond acceptors (Lipinski definition) is 2. The van der Waals surface area contributed by atoms with Gasteiger partial charge in [-0.15, -0.1) is 0 Å². The monoisotopic (exact) mass is 199 g/mol. The van der Waals surface area contributed by atoms with Gasteiger partial charge in [0.1, 0.15) is 5.75 Å². The van der Waals surface area contributed by atoms with Gasteiger partial charge in [0.15, 0.2) is 0 Å². The molecule has 0 aliphatic carbocycles. The van der Waals surface area contributed by atoms with E-state index in [0.717, 1.165) is 11.3 Å². The van der Waals surface area contributed by atoms with Crippen molar-refractivity contribution in [1.29, 1.82) is 0 Å². The quantitative estimate of drug-likeness (QED) is 0.813. The van der Waals surface area contributed by atoms with Crippen LogP contribution in [0, 0.1) is 0 Å². The molecule has 0 heterocycles. The van der Waals surface area contributed by atoms with Crippen LogP contribution in [0.3, 0.4) is 0 Å². The van der Waals surface area contributed by atoms with Crippen molar-refractivity contribution in [3.8, 4) is 5.75 Å². The zero-order valence-corrected chi connectivity index (χ0v) is 8.64. The molecule has 0 aliphatic heterocycles. The molecule has 0 radical (unpaired) electrons. The lowest BCUT2D eigenvalue weighted by Crippen LogP contribution is -2.07. The summed E-state index contributed by atoms with van der Waals surface area (Å²) >= 11 is 5.85. The fourth-order valence-electron chi connectivity index (χ4n) is 1.16. The summed E-state index contributed by atoms with van der Waals surface area (Å²) in [7, 11) is 0. The average Bonchev–Trinajstić information content (AvgIpc) is 2.08. The number of rotatable bonds is 3. The predicted octanol–water partition coefficient (Wildman–Crippen LogP) is 2.76. The van der Waals surface area contributed by atoms with E-state index in [1.807, 2.05) is 26.0 Å². The van der Waals surface area contributed by atoms with Crippen LogP contribution in [0.1, 0.15) is 25.5 Å². The fraction of sp³-hybridized carbons (Fsp3) is 0.400. The summed E-state index contributed by atoms with van der Waals surface area (Å²) in [6.07, 6.45) is 0. The van der Waals surface area contributed by atoms with Crippen LogP contribution in [0.25, 0.3) is 0 Å². The van der Waals surface area contributed by atoms with Gasteiger partial charge in [-0.05, 0) is 32.0 Å². The van der Waals surface area contributed by atoms with Gasteiger partial charge in [0.05, 0.1) is 6.61 Å². The van der Waals surface area contributed by atoms with Crippen LogP contribution in [-0.4, -0.2) is 6.61 Å². The number of halogens is 1. The summed E-state index contributed by atoms with van der Waals surface area (Å²) in [5.41, 5.74) is 6.73. The second kappa shape index (κ2) is 4.49. The highest BCUT2D eigenvalue weighted by molar-refractivity contribution is 6.30. The van der Waals surface area contributed by atoms with Crippen LogP contribution in [0.4, 0.5) is 0 Å². The van der Waals surface area contributed by atoms with Crippen molar-refractivity contribution in [3.63, 3.8) is 0 Å². The smallest absolute Gasteiger partial charge is 0.124 e. The Morgan fingerprint density at radius 2 is 2.23 bits per heavy atom. The average molecular weight is 200 g/mol. The minimum atomic E-state index is -0.0553. The molecule has 0 aliphatic rings. The third kappa shape index (κ3) is 2.61. The van der Waals surface area contributed by atoms with Gasteiger partial charge in [0.25, 0.3) is 0 Å². The molecule has 72 valence electrons. The van der Waals surface area contributed by atoms with Crippen LogP contribution in [0.2, 0.25) is 5.02 Å². The number of hydrogen-bond donors (Lipinski definition) is 1. The number of benzene rings is 1. The molecule has 0 saturated heterocycles. The van der Waals surface area contributed by atoms with E-state index in [1.54, 1.807) is 6.07 Å². The predicted molar refractivity (Wildman–Crippen MR) is 55.2 cm³/mol. The molecule has 13 heavy (non-hydrogen) atoms. The van der Waals surface area contributed by atoms with E-state index in [-0.39, 0.29) is 6.04 Å². The molecule has 1 unspecified atom stereocenters. The second-order valence-electron chi connectivity index (χ2n) is 2.90. The number of nitrogens with two attached hydrogens (primary N) is 1. The van der Waals surface area contributed by atoms with Crippen LogP contribution in [0.5, 0.6) is 5.75 Å². The largest absolute Gasteiger partial charge is 0.494 e. The summed E-state index contributed by atoms with van der Waals surface area (Å²) in [5.74, 6) is 0.821. The first-order valence-corrected chi connectivity index (χ1v) is 4.70. The summed E-state index contributed by atoms with van der Waals surface area (Å²) < 4.78 is 5.41. The summed E-state index contributed by atoms with van der Waals surface area (Å²) in [6, 6.07) is 5.44. The molecule has 0 fully saturated rings. The Hall–Kier alpha value is -0.730. The molecule has 0 spiro atoms. The molecule has 0 aromatic heterocycles. The minimum absolute atomic E-state index is 0.0553. The maximum Gasteiger partial charge on any atom is 0.124 e. The first-order chi connectivity index (χ1) is 6.15. The van der Waals surface area contributed by atoms with Crippen LogP contribution in [0.15, 0.2) is 18.2 Å². The van der Waals surface area contributed by atoms with E-state index in [0.29, 0.717) is 11.6 Å². The highest BCUT2D eigenvalue weighted by Gasteiger charge is 2.07. The van der Waals surface area contributed by atoms with Crippen molar-refractivity contribution in [1.82, 2.24) is 0 Å². The molecule has 0 saturated carbocycles. The molecule has 1 rings (SSSR count). The molecule has 1 aromatic carbocycles. The summed E-state index contributed by atoms with van der Waals surface area (Å²) in [5, 5.41) is 0.691. The molecule has 1 aromatic rings. The topological polar surface area (TPSA) is 35.2 Å². The molecular weight excluding hydrogens is 186 g/mol. The van der Waals surface area contributed by atoms with Crippen LogP contribution in [-0.2, 0) is 0 Å². The van der Waals surface area contributed by atoms with Gasteiger partial charge in [-0.25, -0.2) is 0 Å². The van der Waals surface area contributed by atoms with Crippen molar-refractivity contribution < 1.29 is 4.74 Å². The van der Waals surface area contributed by atoms with Gasteiger partial charge >= 0.3 is 0 Å². The molecule has 2 N–H and O–H groups in total. The van der Waals surface area contributed by atoms with Crippen molar-refractivity contribution in [2.75, 3.05) is 6.61 Å². The van der Waals surface area contributed by atoms with E-state index in [1.165, 1.54) is 0 Å². The summed E-state index contributed by atoms with van der Waals surface area (Å²) in [4.78, 5) is 0. The Labute approximate surface area is 83.6 Å². The fourth-order valence-corrected chi connectivity index (χ4v) is 1.34. The molecule has 0 amide bonds. The molecule has 2 nitrogen and oxygen atoms in total. The van der Waals surface area contributed by atoms with E-state index < -0.39 is 0 Å². The molecule has 3 heteroatoms. The van der Waals surface area contributed by atoms with E-state index in [4.69, 9.17) is 22.1 Å². The minimum Gasteiger partial charge on any atom is -0.494 e. The van der Waals surface area contributed by atoms with Gasteiger partial charge in [-0.3, -0.25) is 0 Å². The first-order valence-electron chi connectivity index (χ1n) is 4.33. The first kappa shape index (κ1) is 10.4. The molecule has 1 atom stereocenters. The van der Waals surface area contributed by atoms with Crippen molar-refractivity contribution in [2.45, 2.75) is 19.9 Å². The SMILES string of the molecule is CCOc1ccc(Cl)cc1C(C)N. The Bertz CT molecular complexity index is 286. The lowest BCUT2D eigenvalue weighted by molar-refractivity contribution is 0.335. The van der Waals surface area contributed by atoms with Gasteiger partial charge in [0.2, 0.25) is 0 Å². The van der Waals surface area contributed by atoms with Crippen molar-refractivity contribution in [2.24, 2.45) is 5.73 Å². The van der Waals surface area contributed by atoms with E-state index >= 15 is 0 Å². The maximum absolute atomic E-state index is 5.85. The van der Waals surface area contributed by atoms with E-state index in [2.05, 4.69) is 0 Å². The van der Waals surface area contributed by atoms with Crippen LogP contribution >= 0.6 is 11.6 Å². The lowest BCUT2D eigenvalue weighted by Gasteiger charge is -2.12. The second-order valence-corrected chi connectivity index (χ2v) is 3.34. The maximum atomic E-state index is 5.85. The van der Waals surface area contributed by atoms with Crippen LogP contribution < -0.4 is 10.5 Å². The Morgan fingerprint density at radius 1 is 1.54 bits per heavy atom. The Morgan fingerprint density at radius 3 is 2.77 bits per heavy atom. The molecular formula is C10H14ClNO. The third-order valence-corrected chi connectivity index (χ3v) is 2.00. The van der Waals surface area contributed by atoms with Crippen molar-refractivity contribution in [3.05, 3.63) is 28.8 Å².